The molecule has 0 spiro atoms. The number of benzene rings is 1. The number of ether oxygens (including phenoxy) is 2. The fourth-order valence-electron chi connectivity index (χ4n) is 3.30. The largest absolute Gasteiger partial charge is 0.490 e. The third-order valence-corrected chi connectivity index (χ3v) is 4.44. The predicted octanol–water partition coefficient (Wildman–Crippen LogP) is 2.37. The van der Waals surface area contributed by atoms with Gasteiger partial charge in [0, 0.05) is 12.0 Å². The predicted molar refractivity (Wildman–Crippen MR) is 83.0 cm³/mol. The summed E-state index contributed by atoms with van der Waals surface area (Å²) in [5, 5.41) is 12.1. The van der Waals surface area contributed by atoms with Crippen LogP contribution in [0, 0.1) is 0 Å². The lowest BCUT2D eigenvalue weighted by Crippen LogP contribution is -2.47. The number of nitrogens with one attached hydrogen (secondary N) is 1. The Hall–Kier alpha value is -2.24. The van der Waals surface area contributed by atoms with Gasteiger partial charge in [-0.1, -0.05) is 12.8 Å². The van der Waals surface area contributed by atoms with E-state index in [9.17, 15) is 9.59 Å². The SMILES string of the molecule is O=C(O)CC1(NC(=O)c2ccc3c(c2)OCCCO3)CCCC1. The van der Waals surface area contributed by atoms with Gasteiger partial charge in [-0.25, -0.2) is 0 Å². The summed E-state index contributed by atoms with van der Waals surface area (Å²) in [6.45, 7) is 1.15. The highest BCUT2D eigenvalue weighted by Crippen LogP contribution is 2.34. The monoisotopic (exact) mass is 319 g/mol. The molecular formula is C17H21NO5. The second-order valence-corrected chi connectivity index (χ2v) is 6.22. The van der Waals surface area contributed by atoms with Gasteiger partial charge >= 0.3 is 5.97 Å². The molecule has 124 valence electrons. The van der Waals surface area contributed by atoms with E-state index in [0.29, 0.717) is 43.1 Å². The average Bonchev–Trinajstić information content (AvgIpc) is 2.82. The smallest absolute Gasteiger partial charge is 0.305 e. The first-order chi connectivity index (χ1) is 11.1. The van der Waals surface area contributed by atoms with Crippen LogP contribution in [0.15, 0.2) is 18.2 Å². The summed E-state index contributed by atoms with van der Waals surface area (Å²) in [7, 11) is 0. The molecule has 6 nitrogen and oxygen atoms in total. The van der Waals surface area contributed by atoms with Gasteiger partial charge in [0.1, 0.15) is 0 Å². The zero-order valence-corrected chi connectivity index (χ0v) is 13.0. The Morgan fingerprint density at radius 3 is 2.48 bits per heavy atom. The third kappa shape index (κ3) is 3.57. The first-order valence-corrected chi connectivity index (χ1v) is 8.02. The lowest BCUT2D eigenvalue weighted by atomic mass is 9.92. The lowest BCUT2D eigenvalue weighted by molar-refractivity contribution is -0.138. The second kappa shape index (κ2) is 6.48. The Balaban J connectivity index is 1.77. The van der Waals surface area contributed by atoms with Gasteiger partial charge in [-0.05, 0) is 31.0 Å². The van der Waals surface area contributed by atoms with E-state index >= 15 is 0 Å². The molecule has 0 bridgehead atoms. The standard InChI is InChI=1S/C17H21NO5/c19-15(20)11-17(6-1-2-7-17)18-16(21)12-4-5-13-14(10-12)23-9-3-8-22-13/h4-5,10H,1-3,6-9,11H2,(H,18,21)(H,19,20). The van der Waals surface area contributed by atoms with Crippen molar-refractivity contribution >= 4 is 11.9 Å². The van der Waals surface area contributed by atoms with Crippen LogP contribution in [-0.4, -0.2) is 35.7 Å². The van der Waals surface area contributed by atoms with Crippen molar-refractivity contribution in [3.8, 4) is 11.5 Å². The van der Waals surface area contributed by atoms with Gasteiger partial charge in [0.2, 0.25) is 0 Å². The van der Waals surface area contributed by atoms with Crippen LogP contribution in [0.5, 0.6) is 11.5 Å². The van der Waals surface area contributed by atoms with Gasteiger partial charge in [0.05, 0.1) is 25.2 Å². The van der Waals surface area contributed by atoms with Crippen LogP contribution in [0.3, 0.4) is 0 Å². The number of rotatable bonds is 4. The number of hydrogen-bond acceptors (Lipinski definition) is 4. The van der Waals surface area contributed by atoms with Gasteiger partial charge in [0.15, 0.2) is 11.5 Å². The van der Waals surface area contributed by atoms with E-state index in [1.54, 1.807) is 18.2 Å². The molecule has 2 aliphatic rings. The maximum atomic E-state index is 12.6. The molecule has 1 saturated carbocycles. The molecule has 0 saturated heterocycles. The van der Waals surface area contributed by atoms with E-state index in [0.717, 1.165) is 19.3 Å². The maximum absolute atomic E-state index is 12.6. The van der Waals surface area contributed by atoms with E-state index < -0.39 is 11.5 Å². The number of fused-ring (bicyclic) bond motifs is 1. The Morgan fingerprint density at radius 2 is 1.78 bits per heavy atom. The Kier molecular flexibility index (Phi) is 4.41. The first kappa shape index (κ1) is 15.6. The number of carbonyl (C=O) groups is 2. The maximum Gasteiger partial charge on any atom is 0.305 e. The highest BCUT2D eigenvalue weighted by atomic mass is 16.5. The van der Waals surface area contributed by atoms with Crippen molar-refractivity contribution in [3.05, 3.63) is 23.8 Å². The molecule has 6 heteroatoms. The quantitative estimate of drug-likeness (QED) is 0.890. The number of carbonyl (C=O) groups excluding carboxylic acids is 1. The summed E-state index contributed by atoms with van der Waals surface area (Å²) < 4.78 is 11.2. The molecule has 2 N–H and O–H groups in total. The summed E-state index contributed by atoms with van der Waals surface area (Å²) in [4.78, 5) is 23.7. The molecule has 1 aliphatic carbocycles. The molecule has 1 amide bonds. The van der Waals surface area contributed by atoms with Gasteiger partial charge in [-0.15, -0.1) is 0 Å². The zero-order valence-electron chi connectivity index (χ0n) is 13.0. The molecule has 1 aliphatic heterocycles. The number of hydrogen-bond donors (Lipinski definition) is 2. The van der Waals surface area contributed by atoms with Gasteiger partial charge in [-0.2, -0.15) is 0 Å². The fourth-order valence-corrected chi connectivity index (χ4v) is 3.30. The van der Waals surface area contributed by atoms with Crippen molar-refractivity contribution in [2.24, 2.45) is 0 Å². The van der Waals surface area contributed by atoms with E-state index in [-0.39, 0.29) is 12.3 Å². The number of carboxylic acid groups (broad SMARTS) is 1. The molecule has 0 aromatic heterocycles. The molecule has 0 radical (unpaired) electrons. The van der Waals surface area contributed by atoms with Crippen LogP contribution in [0.2, 0.25) is 0 Å². The average molecular weight is 319 g/mol. The van der Waals surface area contributed by atoms with Crippen LogP contribution >= 0.6 is 0 Å². The summed E-state index contributed by atoms with van der Waals surface area (Å²) in [6.07, 6.45) is 4.05. The summed E-state index contributed by atoms with van der Waals surface area (Å²) >= 11 is 0. The first-order valence-electron chi connectivity index (χ1n) is 8.02. The van der Waals surface area contributed by atoms with E-state index in [1.165, 1.54) is 0 Å². The van der Waals surface area contributed by atoms with Crippen molar-refractivity contribution in [1.29, 1.82) is 0 Å². The second-order valence-electron chi connectivity index (χ2n) is 6.22. The number of amides is 1. The van der Waals surface area contributed by atoms with E-state index in [4.69, 9.17) is 14.6 Å². The van der Waals surface area contributed by atoms with Gasteiger partial charge in [-0.3, -0.25) is 9.59 Å². The third-order valence-electron chi connectivity index (χ3n) is 4.44. The van der Waals surface area contributed by atoms with Gasteiger partial charge < -0.3 is 19.9 Å². The Bertz CT molecular complexity index is 607. The molecule has 1 aromatic rings. The minimum Gasteiger partial charge on any atom is -0.490 e. The minimum absolute atomic E-state index is 0.0384. The molecule has 3 rings (SSSR count). The fraction of sp³-hybridized carbons (Fsp3) is 0.529. The number of aliphatic carboxylic acids is 1. The number of carboxylic acids is 1. The van der Waals surface area contributed by atoms with Crippen molar-refractivity contribution < 1.29 is 24.2 Å². The van der Waals surface area contributed by atoms with Gasteiger partial charge in [0.25, 0.3) is 5.91 Å². The highest BCUT2D eigenvalue weighted by Gasteiger charge is 2.37. The van der Waals surface area contributed by atoms with Crippen molar-refractivity contribution in [2.45, 2.75) is 44.1 Å². The van der Waals surface area contributed by atoms with Crippen molar-refractivity contribution in [1.82, 2.24) is 5.32 Å². The molecule has 1 heterocycles. The molecule has 1 aromatic carbocycles. The van der Waals surface area contributed by atoms with E-state index in [1.807, 2.05) is 0 Å². The van der Waals surface area contributed by atoms with Crippen LogP contribution in [0.4, 0.5) is 0 Å². The lowest BCUT2D eigenvalue weighted by Gasteiger charge is -2.28. The van der Waals surface area contributed by atoms with Crippen molar-refractivity contribution in [3.63, 3.8) is 0 Å². The normalized spacial score (nSPS) is 19.0. The molecule has 1 fully saturated rings. The molecule has 23 heavy (non-hydrogen) atoms. The zero-order chi connectivity index (χ0) is 16.3. The van der Waals surface area contributed by atoms with Crippen LogP contribution in [-0.2, 0) is 4.79 Å². The Morgan fingerprint density at radius 1 is 1.09 bits per heavy atom. The minimum atomic E-state index is -0.883. The molecular weight excluding hydrogens is 298 g/mol. The summed E-state index contributed by atoms with van der Waals surface area (Å²) in [5.74, 6) is 0.0590. The summed E-state index contributed by atoms with van der Waals surface area (Å²) in [6, 6.07) is 5.08. The van der Waals surface area contributed by atoms with Crippen molar-refractivity contribution in [2.75, 3.05) is 13.2 Å². The molecule has 0 unspecified atom stereocenters. The van der Waals surface area contributed by atoms with Crippen LogP contribution in [0.1, 0.15) is 48.9 Å². The molecule has 0 atom stereocenters. The van der Waals surface area contributed by atoms with Crippen LogP contribution in [0.25, 0.3) is 0 Å². The highest BCUT2D eigenvalue weighted by molar-refractivity contribution is 5.95. The van der Waals surface area contributed by atoms with Crippen LogP contribution < -0.4 is 14.8 Å². The summed E-state index contributed by atoms with van der Waals surface area (Å²) in [5.41, 5.74) is -0.168. The van der Waals surface area contributed by atoms with E-state index in [2.05, 4.69) is 5.32 Å². The topological polar surface area (TPSA) is 84.9 Å². The Labute approximate surface area is 134 Å².